The minimum absolute atomic E-state index is 0.243. The lowest BCUT2D eigenvalue weighted by molar-refractivity contribution is 0.612. The molecule has 2 heterocycles. The van der Waals surface area contributed by atoms with Crippen molar-refractivity contribution in [1.29, 1.82) is 0 Å². The molecule has 0 aromatic carbocycles. The fraction of sp³-hybridized carbons (Fsp3) is 0.429. The highest BCUT2D eigenvalue weighted by atomic mass is 16.1. The zero-order valence-corrected chi connectivity index (χ0v) is 7.19. The van der Waals surface area contributed by atoms with Crippen LogP contribution < -0.4 is 5.56 Å². The van der Waals surface area contributed by atoms with Crippen LogP contribution in [0.25, 0.3) is 11.0 Å². The third kappa shape index (κ3) is 1.20. The molecule has 0 amide bonds. The van der Waals surface area contributed by atoms with E-state index in [0.29, 0.717) is 11.0 Å². The molecule has 2 rings (SSSR count). The summed E-state index contributed by atoms with van der Waals surface area (Å²) in [6.07, 6.45) is 2.46. The van der Waals surface area contributed by atoms with Crippen molar-refractivity contribution in [2.75, 3.05) is 0 Å². The molecule has 6 heteroatoms. The van der Waals surface area contributed by atoms with E-state index in [9.17, 15) is 4.79 Å². The van der Waals surface area contributed by atoms with Crippen molar-refractivity contribution in [3.63, 3.8) is 0 Å². The third-order valence-electron chi connectivity index (χ3n) is 1.79. The molecule has 0 atom stereocenters. The van der Waals surface area contributed by atoms with Crippen LogP contribution in [0.15, 0.2) is 11.0 Å². The van der Waals surface area contributed by atoms with E-state index in [4.69, 9.17) is 0 Å². The van der Waals surface area contributed by atoms with Crippen LogP contribution >= 0.6 is 0 Å². The standard InChI is InChI=1S/C7H9N5O/c1-2-3-12-6-5(4-8-12)7(13)10-11-9-6/h4H,2-3H2,1H3,(H,9,10,13). The Bertz CT molecular complexity index is 471. The van der Waals surface area contributed by atoms with Crippen LogP contribution in [0.4, 0.5) is 0 Å². The Labute approximate surface area is 73.6 Å². The SMILES string of the molecule is CCCn1ncc2c(=O)[nH]nnc21. The normalized spacial score (nSPS) is 10.8. The van der Waals surface area contributed by atoms with Gasteiger partial charge in [0.25, 0.3) is 5.56 Å². The molecular formula is C7H9N5O. The van der Waals surface area contributed by atoms with Gasteiger partial charge in [-0.1, -0.05) is 12.1 Å². The van der Waals surface area contributed by atoms with Gasteiger partial charge < -0.3 is 0 Å². The molecule has 0 bridgehead atoms. The summed E-state index contributed by atoms with van der Waals surface area (Å²) in [7, 11) is 0. The van der Waals surface area contributed by atoms with E-state index < -0.39 is 0 Å². The molecule has 2 aromatic rings. The first-order valence-corrected chi connectivity index (χ1v) is 4.10. The predicted octanol–water partition coefficient (Wildman–Crippen LogP) is -0.0754. The topological polar surface area (TPSA) is 76.5 Å². The minimum Gasteiger partial charge on any atom is -0.267 e. The van der Waals surface area contributed by atoms with Crippen LogP contribution in [0.5, 0.6) is 0 Å². The maximum absolute atomic E-state index is 11.2. The number of aromatic amines is 1. The number of fused-ring (bicyclic) bond motifs is 1. The van der Waals surface area contributed by atoms with Crippen molar-refractivity contribution in [2.24, 2.45) is 0 Å². The lowest BCUT2D eigenvalue weighted by atomic mass is 10.4. The molecule has 1 N–H and O–H groups in total. The molecule has 0 saturated heterocycles. The van der Waals surface area contributed by atoms with E-state index in [1.807, 2.05) is 6.92 Å². The molecule has 0 aliphatic carbocycles. The van der Waals surface area contributed by atoms with Crippen molar-refractivity contribution >= 4 is 11.0 Å². The molecule has 0 aliphatic heterocycles. The van der Waals surface area contributed by atoms with Crippen LogP contribution in [0.3, 0.4) is 0 Å². The molecule has 6 nitrogen and oxygen atoms in total. The number of nitrogens with one attached hydrogen (secondary N) is 1. The largest absolute Gasteiger partial charge is 0.278 e. The molecule has 0 saturated carbocycles. The highest BCUT2D eigenvalue weighted by Gasteiger charge is 2.05. The Kier molecular flexibility index (Phi) is 1.80. The van der Waals surface area contributed by atoms with Gasteiger partial charge in [0.1, 0.15) is 5.39 Å². The summed E-state index contributed by atoms with van der Waals surface area (Å²) in [6, 6.07) is 0. The van der Waals surface area contributed by atoms with Gasteiger partial charge >= 0.3 is 0 Å². The van der Waals surface area contributed by atoms with Crippen LogP contribution in [0, 0.1) is 0 Å². The molecule has 13 heavy (non-hydrogen) atoms. The van der Waals surface area contributed by atoms with Crippen molar-refractivity contribution < 1.29 is 0 Å². The summed E-state index contributed by atoms with van der Waals surface area (Å²) >= 11 is 0. The molecule has 0 unspecified atom stereocenters. The molecule has 0 spiro atoms. The van der Waals surface area contributed by atoms with Crippen molar-refractivity contribution in [3.8, 4) is 0 Å². The van der Waals surface area contributed by atoms with E-state index in [1.54, 1.807) is 4.68 Å². The fourth-order valence-electron chi connectivity index (χ4n) is 1.20. The highest BCUT2D eigenvalue weighted by Crippen LogP contribution is 2.03. The van der Waals surface area contributed by atoms with E-state index >= 15 is 0 Å². The van der Waals surface area contributed by atoms with Gasteiger partial charge in [-0.05, 0) is 6.42 Å². The first-order valence-electron chi connectivity index (χ1n) is 4.10. The number of nitrogens with zero attached hydrogens (tertiary/aromatic N) is 4. The van der Waals surface area contributed by atoms with Crippen LogP contribution in [0.1, 0.15) is 13.3 Å². The maximum atomic E-state index is 11.2. The molecule has 0 fully saturated rings. The quantitative estimate of drug-likeness (QED) is 0.699. The van der Waals surface area contributed by atoms with Crippen molar-refractivity contribution in [3.05, 3.63) is 16.6 Å². The first kappa shape index (κ1) is 7.90. The Morgan fingerprint density at radius 2 is 2.46 bits per heavy atom. The zero-order chi connectivity index (χ0) is 9.26. The van der Waals surface area contributed by atoms with Crippen LogP contribution in [-0.2, 0) is 6.54 Å². The Balaban J connectivity index is 2.68. The van der Waals surface area contributed by atoms with Gasteiger partial charge in [0.2, 0.25) is 0 Å². The summed E-state index contributed by atoms with van der Waals surface area (Å²) < 4.78 is 1.68. The zero-order valence-electron chi connectivity index (χ0n) is 7.19. The van der Waals surface area contributed by atoms with E-state index in [-0.39, 0.29) is 5.56 Å². The van der Waals surface area contributed by atoms with E-state index in [2.05, 4.69) is 20.5 Å². The molecule has 68 valence electrons. The van der Waals surface area contributed by atoms with Gasteiger partial charge in [-0.15, -0.1) is 5.10 Å². The smallest absolute Gasteiger partial charge is 0.267 e. The number of aromatic nitrogens is 5. The number of hydrogen-bond acceptors (Lipinski definition) is 4. The molecular weight excluding hydrogens is 170 g/mol. The Morgan fingerprint density at radius 1 is 1.62 bits per heavy atom. The summed E-state index contributed by atoms with van der Waals surface area (Å²) in [5.41, 5.74) is 0.304. The number of rotatable bonds is 2. The number of H-pyrrole nitrogens is 1. The lowest BCUT2D eigenvalue weighted by Crippen LogP contribution is -2.10. The fourth-order valence-corrected chi connectivity index (χ4v) is 1.20. The molecule has 0 aliphatic rings. The third-order valence-corrected chi connectivity index (χ3v) is 1.79. The summed E-state index contributed by atoms with van der Waals surface area (Å²) in [4.78, 5) is 11.2. The average Bonchev–Trinajstić information content (AvgIpc) is 2.51. The summed E-state index contributed by atoms with van der Waals surface area (Å²) in [5, 5.41) is 14.1. The number of aryl methyl sites for hydroxylation is 1. The Hall–Kier alpha value is -1.72. The minimum atomic E-state index is -0.243. The van der Waals surface area contributed by atoms with Crippen molar-refractivity contribution in [2.45, 2.75) is 19.9 Å². The lowest BCUT2D eigenvalue weighted by Gasteiger charge is -1.96. The van der Waals surface area contributed by atoms with E-state index in [0.717, 1.165) is 13.0 Å². The van der Waals surface area contributed by atoms with Gasteiger partial charge in [-0.25, -0.2) is 9.78 Å². The Morgan fingerprint density at radius 3 is 3.23 bits per heavy atom. The average molecular weight is 179 g/mol. The monoisotopic (exact) mass is 179 g/mol. The van der Waals surface area contributed by atoms with Crippen LogP contribution in [0.2, 0.25) is 0 Å². The van der Waals surface area contributed by atoms with Crippen LogP contribution in [-0.4, -0.2) is 25.2 Å². The first-order chi connectivity index (χ1) is 6.33. The summed E-state index contributed by atoms with van der Waals surface area (Å²) in [5.74, 6) is 0. The molecule has 2 aromatic heterocycles. The second kappa shape index (κ2) is 2.96. The highest BCUT2D eigenvalue weighted by molar-refractivity contribution is 5.72. The van der Waals surface area contributed by atoms with Gasteiger partial charge in [0.15, 0.2) is 5.65 Å². The molecule has 0 radical (unpaired) electrons. The van der Waals surface area contributed by atoms with E-state index in [1.165, 1.54) is 6.20 Å². The predicted molar refractivity (Wildman–Crippen MR) is 46.2 cm³/mol. The van der Waals surface area contributed by atoms with Gasteiger partial charge in [-0.3, -0.25) is 4.79 Å². The second-order valence-electron chi connectivity index (χ2n) is 2.75. The van der Waals surface area contributed by atoms with Gasteiger partial charge in [0.05, 0.1) is 6.20 Å². The number of hydrogen-bond donors (Lipinski definition) is 1. The maximum Gasteiger partial charge on any atom is 0.278 e. The van der Waals surface area contributed by atoms with Crippen molar-refractivity contribution in [1.82, 2.24) is 25.2 Å². The second-order valence-corrected chi connectivity index (χ2v) is 2.75. The summed E-state index contributed by atoms with van der Waals surface area (Å²) in [6.45, 7) is 2.79. The van der Waals surface area contributed by atoms with Gasteiger partial charge in [-0.2, -0.15) is 5.10 Å². The van der Waals surface area contributed by atoms with Gasteiger partial charge in [0, 0.05) is 6.54 Å².